The molecule has 7 heteroatoms. The van der Waals surface area contributed by atoms with E-state index in [4.69, 9.17) is 9.26 Å². The quantitative estimate of drug-likeness (QED) is 0.867. The smallest absolute Gasteiger partial charge is 0.254 e. The van der Waals surface area contributed by atoms with Crippen molar-refractivity contribution in [2.24, 2.45) is 5.92 Å². The number of likely N-dealkylation sites (tertiary alicyclic amines) is 1. The number of carbonyl (C=O) groups is 1. The molecule has 1 aliphatic rings. The zero-order chi connectivity index (χ0) is 16.8. The molecule has 3 rings (SSSR count). The molecule has 0 aliphatic carbocycles. The highest BCUT2D eigenvalue weighted by Gasteiger charge is 2.25. The van der Waals surface area contributed by atoms with Crippen LogP contribution in [0.2, 0.25) is 0 Å². The Hall–Kier alpha value is -2.41. The average molecular weight is 330 g/mol. The molecule has 1 amide bonds. The summed E-state index contributed by atoms with van der Waals surface area (Å²) >= 11 is 0. The number of rotatable bonds is 6. The van der Waals surface area contributed by atoms with E-state index in [-0.39, 0.29) is 11.8 Å². The maximum atomic E-state index is 12.4. The summed E-state index contributed by atoms with van der Waals surface area (Å²) in [7, 11) is 1.53. The van der Waals surface area contributed by atoms with Crippen molar-refractivity contribution in [3.8, 4) is 5.88 Å². The number of nitrogens with one attached hydrogen (secondary N) is 1. The first kappa shape index (κ1) is 16.4. The first-order valence-corrected chi connectivity index (χ1v) is 8.13. The molecule has 1 fully saturated rings. The van der Waals surface area contributed by atoms with Crippen LogP contribution < -0.4 is 10.1 Å². The van der Waals surface area contributed by atoms with Gasteiger partial charge in [0.2, 0.25) is 5.91 Å². The third-order valence-electron chi connectivity index (χ3n) is 4.19. The van der Waals surface area contributed by atoms with E-state index in [0.717, 1.165) is 32.5 Å². The Bertz CT molecular complexity index is 659. The van der Waals surface area contributed by atoms with Crippen LogP contribution in [0.15, 0.2) is 35.1 Å². The maximum Gasteiger partial charge on any atom is 0.254 e. The normalized spacial score (nSPS) is 18.3. The number of aromatic nitrogens is 2. The standard InChI is InChI=1S/C17H22N4O3/c1-23-16-8-15(24-20-16)10-19-17(22)14-5-3-7-21(12-14)11-13-4-2-6-18-9-13/h2,4,6,8-9,14H,3,5,7,10-12H2,1H3,(H,19,22). The SMILES string of the molecule is COc1cc(CNC(=O)C2CCCN(Cc3cccnc3)C2)on1. The van der Waals surface area contributed by atoms with Crippen LogP contribution in [0.4, 0.5) is 0 Å². The molecule has 7 nitrogen and oxygen atoms in total. The van der Waals surface area contributed by atoms with Crippen molar-refractivity contribution < 1.29 is 14.1 Å². The maximum absolute atomic E-state index is 12.4. The molecule has 1 saturated heterocycles. The first-order chi connectivity index (χ1) is 11.7. The van der Waals surface area contributed by atoms with Gasteiger partial charge >= 0.3 is 0 Å². The largest absolute Gasteiger partial charge is 0.479 e. The monoisotopic (exact) mass is 330 g/mol. The molecule has 24 heavy (non-hydrogen) atoms. The van der Waals surface area contributed by atoms with Crippen molar-refractivity contribution in [3.05, 3.63) is 41.9 Å². The van der Waals surface area contributed by atoms with Crippen LogP contribution in [-0.2, 0) is 17.9 Å². The van der Waals surface area contributed by atoms with Crippen molar-refractivity contribution in [1.29, 1.82) is 0 Å². The number of pyridine rings is 1. The predicted octanol–water partition coefficient (Wildman–Crippen LogP) is 1.61. The number of piperidine rings is 1. The molecule has 0 bridgehead atoms. The second-order valence-corrected chi connectivity index (χ2v) is 5.99. The van der Waals surface area contributed by atoms with E-state index in [0.29, 0.717) is 18.2 Å². The van der Waals surface area contributed by atoms with Crippen molar-refractivity contribution in [2.75, 3.05) is 20.2 Å². The lowest BCUT2D eigenvalue weighted by molar-refractivity contribution is -0.127. The van der Waals surface area contributed by atoms with Gasteiger partial charge in [-0.2, -0.15) is 0 Å². The van der Waals surface area contributed by atoms with Gasteiger partial charge in [-0.15, -0.1) is 0 Å². The Morgan fingerprint density at radius 1 is 1.54 bits per heavy atom. The van der Waals surface area contributed by atoms with Crippen LogP contribution in [0.1, 0.15) is 24.2 Å². The molecular formula is C17H22N4O3. The molecule has 1 aliphatic heterocycles. The van der Waals surface area contributed by atoms with Gasteiger partial charge in [0.25, 0.3) is 5.88 Å². The molecule has 1 unspecified atom stereocenters. The lowest BCUT2D eigenvalue weighted by Crippen LogP contribution is -2.42. The fraction of sp³-hybridized carbons (Fsp3) is 0.471. The molecular weight excluding hydrogens is 308 g/mol. The van der Waals surface area contributed by atoms with E-state index >= 15 is 0 Å². The Labute approximate surface area is 141 Å². The van der Waals surface area contributed by atoms with Gasteiger partial charge < -0.3 is 14.6 Å². The molecule has 1 N–H and O–H groups in total. The molecule has 128 valence electrons. The van der Waals surface area contributed by atoms with E-state index in [1.54, 1.807) is 12.3 Å². The van der Waals surface area contributed by atoms with Gasteiger partial charge in [-0.1, -0.05) is 6.07 Å². The minimum absolute atomic E-state index is 0.000221. The van der Waals surface area contributed by atoms with Crippen LogP contribution in [-0.4, -0.2) is 41.1 Å². The molecule has 0 spiro atoms. The first-order valence-electron chi connectivity index (χ1n) is 8.13. The van der Waals surface area contributed by atoms with Crippen LogP contribution >= 0.6 is 0 Å². The minimum atomic E-state index is 0.000221. The number of nitrogens with zero attached hydrogens (tertiary/aromatic N) is 3. The van der Waals surface area contributed by atoms with Crippen LogP contribution in [0.5, 0.6) is 5.88 Å². The Balaban J connectivity index is 1.49. The molecule has 2 aromatic heterocycles. The van der Waals surface area contributed by atoms with Crippen LogP contribution in [0.25, 0.3) is 0 Å². The topological polar surface area (TPSA) is 80.5 Å². The summed E-state index contributed by atoms with van der Waals surface area (Å²) in [6, 6.07) is 5.68. The molecule has 0 radical (unpaired) electrons. The lowest BCUT2D eigenvalue weighted by Gasteiger charge is -2.31. The molecule has 2 aromatic rings. The van der Waals surface area contributed by atoms with Crippen molar-refractivity contribution >= 4 is 5.91 Å². The highest BCUT2D eigenvalue weighted by Crippen LogP contribution is 2.19. The fourth-order valence-electron chi connectivity index (χ4n) is 2.96. The van der Waals surface area contributed by atoms with Gasteiger partial charge in [0.1, 0.15) is 0 Å². The summed E-state index contributed by atoms with van der Waals surface area (Å²) in [6.45, 7) is 2.93. The van der Waals surface area contributed by atoms with Gasteiger partial charge in [-0.3, -0.25) is 14.7 Å². The summed E-state index contributed by atoms with van der Waals surface area (Å²) in [4.78, 5) is 18.9. The number of hydrogen-bond acceptors (Lipinski definition) is 6. The number of ether oxygens (including phenoxy) is 1. The summed E-state index contributed by atoms with van der Waals surface area (Å²) in [6.07, 6.45) is 5.58. The second-order valence-electron chi connectivity index (χ2n) is 5.99. The second kappa shape index (κ2) is 7.92. The molecule has 1 atom stereocenters. The summed E-state index contributed by atoms with van der Waals surface area (Å²) in [5, 5.41) is 6.64. The summed E-state index contributed by atoms with van der Waals surface area (Å²) in [5.41, 5.74) is 1.17. The summed E-state index contributed by atoms with van der Waals surface area (Å²) in [5.74, 6) is 1.06. The Morgan fingerprint density at radius 3 is 3.21 bits per heavy atom. The highest BCUT2D eigenvalue weighted by molar-refractivity contribution is 5.78. The average Bonchev–Trinajstić information content (AvgIpc) is 3.09. The third kappa shape index (κ3) is 4.32. The minimum Gasteiger partial charge on any atom is -0.479 e. The van der Waals surface area contributed by atoms with Gasteiger partial charge in [0.15, 0.2) is 5.76 Å². The Kier molecular flexibility index (Phi) is 5.43. The number of methoxy groups -OCH3 is 1. The van der Waals surface area contributed by atoms with E-state index in [9.17, 15) is 4.79 Å². The predicted molar refractivity (Wildman–Crippen MR) is 87.1 cm³/mol. The van der Waals surface area contributed by atoms with Gasteiger partial charge in [0, 0.05) is 31.5 Å². The molecule has 0 saturated carbocycles. The van der Waals surface area contributed by atoms with E-state index in [1.807, 2.05) is 12.3 Å². The van der Waals surface area contributed by atoms with E-state index in [1.165, 1.54) is 12.7 Å². The van der Waals surface area contributed by atoms with Crippen LogP contribution in [0.3, 0.4) is 0 Å². The van der Waals surface area contributed by atoms with Crippen molar-refractivity contribution in [2.45, 2.75) is 25.9 Å². The Morgan fingerprint density at radius 2 is 2.46 bits per heavy atom. The zero-order valence-electron chi connectivity index (χ0n) is 13.8. The van der Waals surface area contributed by atoms with Gasteiger partial charge in [-0.05, 0) is 36.2 Å². The van der Waals surface area contributed by atoms with Gasteiger partial charge in [-0.25, -0.2) is 0 Å². The van der Waals surface area contributed by atoms with Gasteiger partial charge in [0.05, 0.1) is 19.6 Å². The van der Waals surface area contributed by atoms with Crippen molar-refractivity contribution in [3.63, 3.8) is 0 Å². The fourth-order valence-corrected chi connectivity index (χ4v) is 2.96. The highest BCUT2D eigenvalue weighted by atomic mass is 16.5. The number of hydrogen-bond donors (Lipinski definition) is 1. The zero-order valence-corrected chi connectivity index (χ0v) is 13.8. The van der Waals surface area contributed by atoms with Crippen LogP contribution in [0, 0.1) is 5.92 Å². The summed E-state index contributed by atoms with van der Waals surface area (Å²) < 4.78 is 10.0. The van der Waals surface area contributed by atoms with Crippen molar-refractivity contribution in [1.82, 2.24) is 20.4 Å². The van der Waals surface area contributed by atoms with E-state index in [2.05, 4.69) is 26.4 Å². The lowest BCUT2D eigenvalue weighted by atomic mass is 9.96. The number of amides is 1. The molecule has 3 heterocycles. The van der Waals surface area contributed by atoms with E-state index < -0.39 is 0 Å². The number of carbonyl (C=O) groups excluding carboxylic acids is 1. The molecule has 0 aromatic carbocycles. The third-order valence-corrected chi connectivity index (χ3v) is 4.19.